The molecule has 1 fully saturated rings. The lowest BCUT2D eigenvalue weighted by Crippen LogP contribution is -2.59. The highest BCUT2D eigenvalue weighted by Gasteiger charge is 2.40. The summed E-state index contributed by atoms with van der Waals surface area (Å²) in [4.78, 5) is 74.3. The fourth-order valence-corrected chi connectivity index (χ4v) is 3.80. The average Bonchev–Trinajstić information content (AvgIpc) is 3.21. The number of carbonyl (C=O) groups is 6. The second kappa shape index (κ2) is 12.9. The van der Waals surface area contributed by atoms with E-state index < -0.39 is 53.8 Å². The molecule has 1 aliphatic rings. The molecule has 0 unspecified atom stereocenters. The molecule has 1 aliphatic heterocycles. The Hall–Kier alpha value is -3.18. The van der Waals surface area contributed by atoms with E-state index in [1.165, 1.54) is 11.8 Å². The van der Waals surface area contributed by atoms with Gasteiger partial charge in [0.1, 0.15) is 24.2 Å². The largest absolute Gasteiger partial charge is 0.480 e. The van der Waals surface area contributed by atoms with Gasteiger partial charge in [-0.3, -0.25) is 24.0 Å². The van der Waals surface area contributed by atoms with Crippen molar-refractivity contribution in [3.63, 3.8) is 0 Å². The number of nitrogens with two attached hydrogens (primary N) is 1. The second-order valence-electron chi connectivity index (χ2n) is 9.25. The zero-order valence-corrected chi connectivity index (χ0v) is 20.4. The van der Waals surface area contributed by atoms with Crippen LogP contribution in [0.15, 0.2) is 0 Å². The van der Waals surface area contributed by atoms with Gasteiger partial charge < -0.3 is 31.7 Å². The molecule has 12 heteroatoms. The van der Waals surface area contributed by atoms with Crippen LogP contribution in [-0.2, 0) is 28.8 Å². The van der Waals surface area contributed by atoms with Gasteiger partial charge in [-0.1, -0.05) is 27.7 Å². The monoisotopic (exact) mass is 483 g/mol. The molecule has 0 spiro atoms. The van der Waals surface area contributed by atoms with Crippen molar-refractivity contribution >= 4 is 35.5 Å². The van der Waals surface area contributed by atoms with Gasteiger partial charge in [-0.15, -0.1) is 0 Å². The third kappa shape index (κ3) is 8.31. The van der Waals surface area contributed by atoms with Crippen molar-refractivity contribution in [2.75, 3.05) is 6.54 Å². The first-order chi connectivity index (χ1) is 15.8. The fourth-order valence-electron chi connectivity index (χ4n) is 3.80. The number of carbonyl (C=O) groups excluding carboxylic acids is 5. The summed E-state index contributed by atoms with van der Waals surface area (Å²) in [5, 5.41) is 17.0. The van der Waals surface area contributed by atoms with Crippen molar-refractivity contribution in [3.8, 4) is 0 Å². The van der Waals surface area contributed by atoms with Crippen molar-refractivity contribution in [3.05, 3.63) is 0 Å². The van der Waals surface area contributed by atoms with Crippen LogP contribution >= 0.6 is 0 Å². The summed E-state index contributed by atoms with van der Waals surface area (Å²) in [5.41, 5.74) is 5.07. The van der Waals surface area contributed by atoms with Gasteiger partial charge in [0, 0.05) is 19.9 Å². The van der Waals surface area contributed by atoms with Gasteiger partial charge in [0.25, 0.3) is 0 Å². The van der Waals surface area contributed by atoms with Crippen LogP contribution in [0.25, 0.3) is 0 Å². The van der Waals surface area contributed by atoms with Gasteiger partial charge in [0.05, 0.1) is 0 Å². The maximum Gasteiger partial charge on any atom is 0.326 e. The van der Waals surface area contributed by atoms with E-state index in [0.29, 0.717) is 12.8 Å². The van der Waals surface area contributed by atoms with Crippen LogP contribution in [0.5, 0.6) is 0 Å². The number of hydrogen-bond acceptors (Lipinski definition) is 6. The minimum atomic E-state index is -1.32. The number of nitrogens with one attached hydrogen (secondary N) is 3. The molecule has 4 atom stereocenters. The van der Waals surface area contributed by atoms with E-state index in [4.69, 9.17) is 5.73 Å². The smallest absolute Gasteiger partial charge is 0.326 e. The highest BCUT2D eigenvalue weighted by atomic mass is 16.4. The van der Waals surface area contributed by atoms with Crippen LogP contribution in [-0.4, -0.2) is 76.2 Å². The molecule has 5 amide bonds. The minimum Gasteiger partial charge on any atom is -0.480 e. The third-order valence-corrected chi connectivity index (χ3v) is 5.67. The molecule has 0 aromatic heterocycles. The van der Waals surface area contributed by atoms with Crippen LogP contribution in [0.3, 0.4) is 0 Å². The van der Waals surface area contributed by atoms with Gasteiger partial charge in [-0.2, -0.15) is 0 Å². The van der Waals surface area contributed by atoms with Gasteiger partial charge in [0.15, 0.2) is 0 Å². The average molecular weight is 484 g/mol. The summed E-state index contributed by atoms with van der Waals surface area (Å²) in [6.07, 6.45) is 0.486. The molecule has 6 N–H and O–H groups in total. The van der Waals surface area contributed by atoms with Crippen molar-refractivity contribution in [1.29, 1.82) is 0 Å². The third-order valence-electron chi connectivity index (χ3n) is 5.67. The maximum absolute atomic E-state index is 13.4. The Morgan fingerprint density at radius 1 is 0.971 bits per heavy atom. The predicted molar refractivity (Wildman–Crippen MR) is 122 cm³/mol. The molecule has 192 valence electrons. The molecule has 0 bridgehead atoms. The van der Waals surface area contributed by atoms with Gasteiger partial charge in [0.2, 0.25) is 29.5 Å². The van der Waals surface area contributed by atoms with Crippen molar-refractivity contribution in [2.24, 2.45) is 17.6 Å². The van der Waals surface area contributed by atoms with E-state index in [0.717, 1.165) is 0 Å². The van der Waals surface area contributed by atoms with Gasteiger partial charge >= 0.3 is 5.97 Å². The number of amides is 5. The summed E-state index contributed by atoms with van der Waals surface area (Å²) in [6, 6.07) is -3.99. The lowest BCUT2D eigenvalue weighted by atomic mass is 9.99. The number of nitrogens with zero attached hydrogens (tertiary/aromatic N) is 1. The maximum atomic E-state index is 13.4. The number of aliphatic carboxylic acids is 1. The van der Waals surface area contributed by atoms with E-state index in [2.05, 4.69) is 16.0 Å². The Bertz CT molecular complexity index is 799. The number of carboxylic acids is 1. The van der Waals surface area contributed by atoms with E-state index in [9.17, 15) is 33.9 Å². The Labute approximate surface area is 199 Å². The summed E-state index contributed by atoms with van der Waals surface area (Å²) in [6.45, 7) is 8.61. The molecular weight excluding hydrogens is 446 g/mol. The lowest BCUT2D eigenvalue weighted by molar-refractivity contribution is -0.145. The second-order valence-corrected chi connectivity index (χ2v) is 9.25. The Morgan fingerprint density at radius 3 is 2.03 bits per heavy atom. The quantitative estimate of drug-likeness (QED) is 0.238. The molecule has 1 rings (SSSR count). The summed E-state index contributed by atoms with van der Waals surface area (Å²) in [5.74, 6) is -4.51. The van der Waals surface area contributed by atoms with Crippen LogP contribution < -0.4 is 21.7 Å². The topological polar surface area (TPSA) is 188 Å². The van der Waals surface area contributed by atoms with Crippen molar-refractivity contribution < 1.29 is 33.9 Å². The highest BCUT2D eigenvalue weighted by Crippen LogP contribution is 2.21. The van der Waals surface area contributed by atoms with Crippen molar-refractivity contribution in [1.82, 2.24) is 20.9 Å². The first kappa shape index (κ1) is 28.9. The molecule has 0 aliphatic carbocycles. The Kier molecular flexibility index (Phi) is 10.9. The first-order valence-electron chi connectivity index (χ1n) is 11.5. The number of hydrogen-bond donors (Lipinski definition) is 5. The molecule has 0 aromatic rings. The molecule has 1 heterocycles. The molecule has 34 heavy (non-hydrogen) atoms. The lowest BCUT2D eigenvalue weighted by Gasteiger charge is -2.32. The zero-order valence-electron chi connectivity index (χ0n) is 20.4. The van der Waals surface area contributed by atoms with E-state index in [1.54, 1.807) is 27.7 Å². The van der Waals surface area contributed by atoms with Gasteiger partial charge in [-0.25, -0.2) is 4.79 Å². The summed E-state index contributed by atoms with van der Waals surface area (Å²) in [7, 11) is 0. The fraction of sp³-hybridized carbons (Fsp3) is 0.727. The normalized spacial score (nSPS) is 18.2. The molecule has 0 saturated carbocycles. The van der Waals surface area contributed by atoms with Crippen LogP contribution in [0.2, 0.25) is 0 Å². The zero-order chi connectivity index (χ0) is 26.2. The SMILES string of the molecule is CC(=O)N[C@H](C(=O)N[C@H](C(=O)N1CCC[C@H]1C(=O)N[C@@H](CCC(N)=O)C(=O)O)C(C)C)C(C)C. The van der Waals surface area contributed by atoms with Gasteiger partial charge in [-0.05, 0) is 31.1 Å². The highest BCUT2D eigenvalue weighted by molar-refractivity contribution is 5.95. The minimum absolute atomic E-state index is 0.165. The Balaban J connectivity index is 2.98. The number of rotatable bonds is 12. The van der Waals surface area contributed by atoms with Crippen molar-refractivity contribution in [2.45, 2.75) is 84.5 Å². The van der Waals surface area contributed by atoms with E-state index in [1.807, 2.05) is 0 Å². The van der Waals surface area contributed by atoms with Crippen LogP contribution in [0, 0.1) is 11.8 Å². The molecule has 1 saturated heterocycles. The van der Waals surface area contributed by atoms with E-state index in [-0.39, 0.29) is 37.1 Å². The van der Waals surface area contributed by atoms with Crippen LogP contribution in [0.4, 0.5) is 0 Å². The summed E-state index contributed by atoms with van der Waals surface area (Å²) < 4.78 is 0. The molecule has 12 nitrogen and oxygen atoms in total. The molecule has 0 aromatic carbocycles. The van der Waals surface area contributed by atoms with E-state index >= 15 is 0 Å². The standard InChI is InChI=1S/C22H37N5O7/c1-11(2)17(24-13(5)28)20(31)26-18(12(3)4)21(32)27-10-6-7-15(27)19(30)25-14(22(33)34)8-9-16(23)29/h11-12,14-15,17-18H,6-10H2,1-5H3,(H2,23,29)(H,24,28)(H,25,30)(H,26,31)(H,33,34)/t14-,15-,17-,18-/m0/s1. The predicted octanol–water partition coefficient (Wildman–Crippen LogP) is -0.886. The number of likely N-dealkylation sites (tertiary alicyclic amines) is 1. The van der Waals surface area contributed by atoms with Crippen LogP contribution in [0.1, 0.15) is 60.3 Å². The first-order valence-corrected chi connectivity index (χ1v) is 11.5. The number of primary amides is 1. The molecular formula is C22H37N5O7. The molecule has 0 radical (unpaired) electrons. The summed E-state index contributed by atoms with van der Waals surface area (Å²) >= 11 is 0. The number of carboxylic acid groups (broad SMARTS) is 1. The Morgan fingerprint density at radius 2 is 1.56 bits per heavy atom.